The Kier molecular flexibility index (Phi) is 5.49. The highest BCUT2D eigenvalue weighted by Crippen LogP contribution is 2.35. The average molecular weight is 300 g/mol. The number of benzene rings is 2. The van der Waals surface area contributed by atoms with Crippen LogP contribution >= 0.6 is 0 Å². The highest BCUT2D eigenvalue weighted by atomic mass is 16.5. The molecule has 116 valence electrons. The lowest BCUT2D eigenvalue weighted by atomic mass is 10.2. The van der Waals surface area contributed by atoms with Crippen LogP contribution in [-0.2, 0) is 4.74 Å². The molecule has 0 aliphatic carbocycles. The maximum Gasteiger partial charge on any atom is 0.172 e. The van der Waals surface area contributed by atoms with E-state index >= 15 is 0 Å². The van der Waals surface area contributed by atoms with Gasteiger partial charge in [-0.05, 0) is 36.3 Å². The normalized spacial score (nSPS) is 11.8. The molecule has 0 saturated carbocycles. The number of para-hydroxylation sites is 1. The SMILES string of the molecule is COCC(C)N(C)c1ccc(N=[NH2+])c(Oc2ccccc2)c1. The van der Waals surface area contributed by atoms with E-state index in [2.05, 4.69) is 16.9 Å². The van der Waals surface area contributed by atoms with Gasteiger partial charge in [-0.1, -0.05) is 18.2 Å². The van der Waals surface area contributed by atoms with E-state index in [1.54, 1.807) is 7.11 Å². The molecule has 22 heavy (non-hydrogen) atoms. The Morgan fingerprint density at radius 2 is 1.91 bits per heavy atom. The van der Waals surface area contributed by atoms with Crippen molar-refractivity contribution in [2.75, 3.05) is 25.7 Å². The lowest BCUT2D eigenvalue weighted by molar-refractivity contribution is -0.210. The second-order valence-corrected chi connectivity index (χ2v) is 5.11. The Labute approximate surface area is 131 Å². The monoisotopic (exact) mass is 300 g/mol. The minimum absolute atomic E-state index is 0.246. The summed E-state index contributed by atoms with van der Waals surface area (Å²) in [4.78, 5) is 2.13. The van der Waals surface area contributed by atoms with Crippen LogP contribution in [0.25, 0.3) is 0 Å². The van der Waals surface area contributed by atoms with Crippen molar-refractivity contribution in [3.05, 3.63) is 48.5 Å². The number of hydrogen-bond donors (Lipinski definition) is 1. The first-order valence-corrected chi connectivity index (χ1v) is 7.15. The molecule has 0 amide bonds. The van der Waals surface area contributed by atoms with Crippen molar-refractivity contribution < 1.29 is 15.0 Å². The molecule has 0 spiro atoms. The summed E-state index contributed by atoms with van der Waals surface area (Å²) in [5, 5.41) is 3.78. The molecule has 0 fully saturated rings. The van der Waals surface area contributed by atoms with Gasteiger partial charge < -0.3 is 14.4 Å². The van der Waals surface area contributed by atoms with Crippen molar-refractivity contribution in [3.8, 4) is 11.5 Å². The molecule has 0 heterocycles. The molecular formula is C17H22N3O2+. The van der Waals surface area contributed by atoms with E-state index in [4.69, 9.17) is 15.0 Å². The molecule has 2 aromatic rings. The fourth-order valence-corrected chi connectivity index (χ4v) is 2.13. The van der Waals surface area contributed by atoms with Gasteiger partial charge >= 0.3 is 0 Å². The fraction of sp³-hybridized carbons (Fsp3) is 0.294. The summed E-state index contributed by atoms with van der Waals surface area (Å²) in [5.41, 5.74) is 7.08. The van der Waals surface area contributed by atoms with Gasteiger partial charge in [-0.25, -0.2) is 0 Å². The number of anilines is 1. The van der Waals surface area contributed by atoms with E-state index < -0.39 is 0 Å². The molecule has 2 aromatic carbocycles. The number of methoxy groups -OCH3 is 1. The summed E-state index contributed by atoms with van der Waals surface area (Å²) in [5.74, 6) is 1.37. The van der Waals surface area contributed by atoms with Gasteiger partial charge in [0.15, 0.2) is 11.4 Å². The first-order valence-electron chi connectivity index (χ1n) is 7.15. The highest BCUT2D eigenvalue weighted by Gasteiger charge is 2.14. The van der Waals surface area contributed by atoms with Crippen LogP contribution in [0, 0.1) is 0 Å². The summed E-state index contributed by atoms with van der Waals surface area (Å²) >= 11 is 0. The molecular weight excluding hydrogens is 278 g/mol. The molecule has 2 rings (SSSR count). The lowest BCUT2D eigenvalue weighted by Crippen LogP contribution is -2.32. The Morgan fingerprint density at radius 1 is 1.18 bits per heavy atom. The first-order chi connectivity index (χ1) is 10.7. The van der Waals surface area contributed by atoms with Crippen LogP contribution in [0.3, 0.4) is 0 Å². The molecule has 0 radical (unpaired) electrons. The number of hydrogen-bond acceptors (Lipinski definition) is 4. The summed E-state index contributed by atoms with van der Waals surface area (Å²) in [6, 6.07) is 15.6. The predicted molar refractivity (Wildman–Crippen MR) is 86.7 cm³/mol. The van der Waals surface area contributed by atoms with Crippen molar-refractivity contribution in [1.29, 1.82) is 0 Å². The number of nitrogens with zero attached hydrogens (tertiary/aromatic N) is 2. The topological polar surface area (TPSA) is 59.7 Å². The number of likely N-dealkylation sites (N-methyl/N-ethyl adjacent to an activating group) is 1. The molecule has 0 aliphatic rings. The number of ether oxygens (including phenoxy) is 2. The van der Waals surface area contributed by atoms with Gasteiger partial charge in [0, 0.05) is 32.0 Å². The Bertz CT molecular complexity index is 617. The lowest BCUT2D eigenvalue weighted by Gasteiger charge is -2.26. The zero-order chi connectivity index (χ0) is 15.9. The van der Waals surface area contributed by atoms with Crippen LogP contribution in [0.1, 0.15) is 6.92 Å². The van der Waals surface area contributed by atoms with Crippen molar-refractivity contribution in [2.24, 2.45) is 5.11 Å². The van der Waals surface area contributed by atoms with Crippen LogP contribution in [0.4, 0.5) is 11.4 Å². The highest BCUT2D eigenvalue weighted by molar-refractivity contribution is 5.62. The molecule has 0 saturated heterocycles. The van der Waals surface area contributed by atoms with E-state index in [9.17, 15) is 0 Å². The Balaban J connectivity index is 2.28. The number of rotatable bonds is 7. The minimum Gasteiger partial charge on any atom is -0.455 e. The maximum atomic E-state index is 5.90. The van der Waals surface area contributed by atoms with Crippen LogP contribution in [0.2, 0.25) is 0 Å². The second-order valence-electron chi connectivity index (χ2n) is 5.11. The third-order valence-corrected chi connectivity index (χ3v) is 3.53. The summed E-state index contributed by atoms with van der Waals surface area (Å²) < 4.78 is 11.1. The van der Waals surface area contributed by atoms with Crippen molar-refractivity contribution >= 4 is 11.4 Å². The quantitative estimate of drug-likeness (QED) is 0.800. The third kappa shape index (κ3) is 3.83. The average Bonchev–Trinajstić information content (AvgIpc) is 2.55. The van der Waals surface area contributed by atoms with Gasteiger partial charge in [0.25, 0.3) is 0 Å². The van der Waals surface area contributed by atoms with Gasteiger partial charge in [-0.3, -0.25) is 0 Å². The minimum atomic E-state index is 0.246. The Morgan fingerprint density at radius 3 is 2.55 bits per heavy atom. The van der Waals surface area contributed by atoms with Crippen molar-refractivity contribution in [2.45, 2.75) is 13.0 Å². The van der Waals surface area contributed by atoms with E-state index in [0.717, 1.165) is 11.4 Å². The fourth-order valence-electron chi connectivity index (χ4n) is 2.13. The largest absolute Gasteiger partial charge is 0.455 e. The third-order valence-electron chi connectivity index (χ3n) is 3.53. The van der Waals surface area contributed by atoms with E-state index in [1.165, 1.54) is 0 Å². The van der Waals surface area contributed by atoms with E-state index in [0.29, 0.717) is 18.0 Å². The van der Waals surface area contributed by atoms with Crippen LogP contribution in [0.15, 0.2) is 53.6 Å². The van der Waals surface area contributed by atoms with Crippen molar-refractivity contribution in [1.82, 2.24) is 0 Å². The van der Waals surface area contributed by atoms with Crippen molar-refractivity contribution in [3.63, 3.8) is 0 Å². The van der Waals surface area contributed by atoms with Gasteiger partial charge in [0.1, 0.15) is 5.75 Å². The van der Waals surface area contributed by atoms with E-state index in [1.807, 2.05) is 55.6 Å². The van der Waals surface area contributed by atoms with Crippen LogP contribution < -0.4 is 15.2 Å². The Hall–Kier alpha value is -2.40. The summed E-state index contributed by atoms with van der Waals surface area (Å²) in [6.07, 6.45) is 0. The molecule has 0 aromatic heterocycles. The van der Waals surface area contributed by atoms with Gasteiger partial charge in [0.05, 0.1) is 6.61 Å². The molecule has 5 heteroatoms. The zero-order valence-electron chi connectivity index (χ0n) is 13.2. The standard InChI is InChI=1S/C17H21N3O2/c1-13(12-21-3)20(2)14-9-10-16(19-18)17(11-14)22-15-7-5-4-6-8-15/h4-11,13,18H,12H2,1-3H3/p+1. The molecule has 2 N–H and O–H groups in total. The summed E-state index contributed by atoms with van der Waals surface area (Å²) in [6.45, 7) is 2.75. The summed E-state index contributed by atoms with van der Waals surface area (Å²) in [7, 11) is 3.72. The number of nitrogens with two attached hydrogens (primary N) is 1. The zero-order valence-corrected chi connectivity index (χ0v) is 13.2. The van der Waals surface area contributed by atoms with Gasteiger partial charge in [-0.2, -0.15) is 5.53 Å². The second kappa shape index (κ2) is 7.56. The maximum absolute atomic E-state index is 5.90. The molecule has 5 nitrogen and oxygen atoms in total. The predicted octanol–water partition coefficient (Wildman–Crippen LogP) is 2.79. The molecule has 0 aliphatic heterocycles. The van der Waals surface area contributed by atoms with Gasteiger partial charge in [0.2, 0.25) is 0 Å². The van der Waals surface area contributed by atoms with Crippen LogP contribution in [0.5, 0.6) is 11.5 Å². The molecule has 0 bridgehead atoms. The molecule has 1 unspecified atom stereocenters. The first kappa shape index (κ1) is 16.0. The smallest absolute Gasteiger partial charge is 0.172 e. The molecule has 1 atom stereocenters. The van der Waals surface area contributed by atoms with Crippen LogP contribution in [-0.4, -0.2) is 26.8 Å². The van der Waals surface area contributed by atoms with Gasteiger partial charge in [-0.15, -0.1) is 0 Å². The van der Waals surface area contributed by atoms with E-state index in [-0.39, 0.29) is 6.04 Å².